The van der Waals surface area contributed by atoms with Crippen LogP contribution >= 0.6 is 0 Å². The Bertz CT molecular complexity index is 365. The van der Waals surface area contributed by atoms with Gasteiger partial charge in [-0.2, -0.15) is 5.48 Å². The molecular weight excluding hydrogens is 336 g/mol. The smallest absolute Gasteiger partial charge is 0.219 e. The molecule has 0 atom stereocenters. The lowest BCUT2D eigenvalue weighted by Gasteiger charge is -2.33. The Morgan fingerprint density at radius 1 is 0.760 bits per heavy atom. The van der Waals surface area contributed by atoms with Gasteiger partial charge in [-0.05, 0) is 0 Å². The molecule has 0 aromatic carbocycles. The third-order valence-electron chi connectivity index (χ3n) is 2.93. The Morgan fingerprint density at radius 3 is 1.32 bits per heavy atom. The lowest BCUT2D eigenvalue weighted by Crippen LogP contribution is -2.56. The lowest BCUT2D eigenvalue weighted by atomic mass is 10.1. The van der Waals surface area contributed by atoms with Gasteiger partial charge in [-0.15, -0.1) is 0 Å². The van der Waals surface area contributed by atoms with E-state index in [1.807, 2.05) is 0 Å². The summed E-state index contributed by atoms with van der Waals surface area (Å²) in [6.45, 7) is 0.560. The zero-order valence-corrected chi connectivity index (χ0v) is 14.5. The first-order valence-corrected chi connectivity index (χ1v) is 7.69. The third-order valence-corrected chi connectivity index (χ3v) is 2.93. The molecule has 0 saturated heterocycles. The van der Waals surface area contributed by atoms with Crippen molar-refractivity contribution >= 4 is 17.7 Å². The van der Waals surface area contributed by atoms with Crippen LogP contribution in [-0.2, 0) is 33.4 Å². The fourth-order valence-electron chi connectivity index (χ4n) is 1.75. The molecule has 0 fully saturated rings. The maximum absolute atomic E-state index is 10.8. The molecule has 0 bridgehead atoms. The summed E-state index contributed by atoms with van der Waals surface area (Å²) in [4.78, 5) is 37.3. The van der Waals surface area contributed by atoms with E-state index in [0.717, 1.165) is 0 Å². The number of amides is 3. The number of hydrogen-bond acceptors (Lipinski definition) is 8. The SMILES string of the molecule is CONC(COCCC(N)=O)(COCCC(N)=O)COCCC(N)=O. The maximum Gasteiger partial charge on any atom is 0.219 e. The Kier molecular flexibility index (Phi) is 12.5. The zero-order chi connectivity index (χ0) is 19.1. The normalized spacial score (nSPS) is 11.4. The summed E-state index contributed by atoms with van der Waals surface area (Å²) in [6, 6.07) is 0. The van der Waals surface area contributed by atoms with Crippen LogP contribution in [0, 0.1) is 0 Å². The van der Waals surface area contributed by atoms with Crippen molar-refractivity contribution < 1.29 is 33.4 Å². The van der Waals surface area contributed by atoms with E-state index in [9.17, 15) is 14.4 Å². The number of rotatable bonds is 17. The molecule has 0 aliphatic rings. The second kappa shape index (κ2) is 13.5. The Morgan fingerprint density at radius 2 is 1.08 bits per heavy atom. The van der Waals surface area contributed by atoms with Crippen LogP contribution in [-0.4, -0.2) is 70.0 Å². The van der Waals surface area contributed by atoms with Gasteiger partial charge in [0.1, 0.15) is 5.54 Å². The summed E-state index contributed by atoms with van der Waals surface area (Å²) in [5, 5.41) is 0. The Labute approximate surface area is 146 Å². The summed E-state index contributed by atoms with van der Waals surface area (Å²) in [5.74, 6) is -1.46. The molecule has 0 aromatic rings. The van der Waals surface area contributed by atoms with Gasteiger partial charge in [-0.1, -0.05) is 0 Å². The molecule has 0 unspecified atom stereocenters. The van der Waals surface area contributed by atoms with Crippen LogP contribution in [0.4, 0.5) is 0 Å². The highest BCUT2D eigenvalue weighted by Gasteiger charge is 2.32. The highest BCUT2D eigenvalue weighted by molar-refractivity contribution is 5.74. The minimum atomic E-state index is -0.929. The Balaban J connectivity index is 4.62. The predicted octanol–water partition coefficient (Wildman–Crippen LogP) is -2.45. The fraction of sp³-hybridized carbons (Fsp3) is 0.786. The molecule has 0 aliphatic heterocycles. The molecule has 0 rings (SSSR count). The summed E-state index contributed by atoms with van der Waals surface area (Å²) >= 11 is 0. The quantitative estimate of drug-likeness (QED) is 0.162. The number of hydrogen-bond donors (Lipinski definition) is 4. The molecule has 0 radical (unpaired) electrons. The summed E-state index contributed by atoms with van der Waals surface area (Å²) < 4.78 is 16.3. The van der Waals surface area contributed by atoms with Crippen molar-refractivity contribution in [3.63, 3.8) is 0 Å². The van der Waals surface area contributed by atoms with Crippen LogP contribution in [0.25, 0.3) is 0 Å². The highest BCUT2D eigenvalue weighted by Crippen LogP contribution is 2.10. The summed E-state index contributed by atoms with van der Waals surface area (Å²) in [5.41, 5.74) is 17.0. The van der Waals surface area contributed by atoms with Gasteiger partial charge in [0, 0.05) is 19.3 Å². The van der Waals surface area contributed by atoms with E-state index >= 15 is 0 Å². The first-order chi connectivity index (χ1) is 11.8. The van der Waals surface area contributed by atoms with Crippen molar-refractivity contribution in [2.24, 2.45) is 17.2 Å². The molecule has 146 valence electrons. The van der Waals surface area contributed by atoms with E-state index in [4.69, 9.17) is 36.2 Å². The number of primary amides is 3. The minimum Gasteiger partial charge on any atom is -0.379 e. The largest absolute Gasteiger partial charge is 0.379 e. The minimum absolute atomic E-state index is 0.0636. The first-order valence-electron chi connectivity index (χ1n) is 7.69. The van der Waals surface area contributed by atoms with Gasteiger partial charge < -0.3 is 36.2 Å². The van der Waals surface area contributed by atoms with E-state index in [1.54, 1.807) is 0 Å². The van der Waals surface area contributed by atoms with Gasteiger partial charge in [0.2, 0.25) is 17.7 Å². The lowest BCUT2D eigenvalue weighted by molar-refractivity contribution is -0.124. The average Bonchev–Trinajstić information content (AvgIpc) is 2.52. The van der Waals surface area contributed by atoms with Gasteiger partial charge in [0.25, 0.3) is 0 Å². The number of hydroxylamine groups is 1. The summed E-state index contributed by atoms with van der Waals surface area (Å²) in [7, 11) is 1.41. The average molecular weight is 364 g/mol. The topological polar surface area (TPSA) is 178 Å². The van der Waals surface area contributed by atoms with Gasteiger partial charge in [0.05, 0.1) is 46.8 Å². The van der Waals surface area contributed by atoms with E-state index < -0.39 is 23.3 Å². The molecular formula is C14H28N4O7. The number of nitrogens with two attached hydrogens (primary N) is 3. The van der Waals surface area contributed by atoms with Gasteiger partial charge >= 0.3 is 0 Å². The number of carbonyl (C=O) groups is 3. The van der Waals surface area contributed by atoms with Crippen LogP contribution in [0.3, 0.4) is 0 Å². The van der Waals surface area contributed by atoms with Crippen LogP contribution in [0.1, 0.15) is 19.3 Å². The van der Waals surface area contributed by atoms with E-state index in [-0.39, 0.29) is 58.9 Å². The van der Waals surface area contributed by atoms with Crippen LogP contribution in [0.2, 0.25) is 0 Å². The van der Waals surface area contributed by atoms with Crippen molar-refractivity contribution in [1.82, 2.24) is 5.48 Å². The maximum atomic E-state index is 10.8. The molecule has 11 nitrogen and oxygen atoms in total. The highest BCUT2D eigenvalue weighted by atomic mass is 16.6. The van der Waals surface area contributed by atoms with Crippen molar-refractivity contribution in [1.29, 1.82) is 0 Å². The number of ether oxygens (including phenoxy) is 3. The summed E-state index contributed by atoms with van der Waals surface area (Å²) in [6.07, 6.45) is 0.191. The van der Waals surface area contributed by atoms with Crippen LogP contribution in [0.15, 0.2) is 0 Å². The van der Waals surface area contributed by atoms with Crippen molar-refractivity contribution in [3.05, 3.63) is 0 Å². The predicted molar refractivity (Wildman–Crippen MR) is 86.8 cm³/mol. The first kappa shape index (κ1) is 23.2. The molecule has 25 heavy (non-hydrogen) atoms. The monoisotopic (exact) mass is 364 g/mol. The zero-order valence-electron chi connectivity index (χ0n) is 14.5. The molecule has 0 heterocycles. The van der Waals surface area contributed by atoms with E-state index in [2.05, 4.69) is 5.48 Å². The van der Waals surface area contributed by atoms with Crippen molar-refractivity contribution in [2.45, 2.75) is 24.8 Å². The van der Waals surface area contributed by atoms with Gasteiger partial charge in [-0.25, -0.2) is 0 Å². The van der Waals surface area contributed by atoms with Gasteiger partial charge in [0.15, 0.2) is 0 Å². The molecule has 11 heteroatoms. The number of nitrogens with one attached hydrogen (secondary N) is 1. The standard InChI is InChI=1S/C14H28N4O7/c1-22-18-14(8-23-5-2-11(15)19,9-24-6-3-12(16)20)10-25-7-4-13(17)21/h18H,2-10H2,1H3,(H2,15,19)(H2,16,20)(H2,17,21). The third kappa shape index (κ3) is 13.2. The fourth-order valence-corrected chi connectivity index (χ4v) is 1.75. The molecule has 0 saturated carbocycles. The molecule has 0 aliphatic carbocycles. The molecule has 7 N–H and O–H groups in total. The van der Waals surface area contributed by atoms with Crippen molar-refractivity contribution in [2.75, 3.05) is 46.8 Å². The second-order valence-corrected chi connectivity index (χ2v) is 5.39. The second-order valence-electron chi connectivity index (χ2n) is 5.39. The Hall–Kier alpha value is -1.79. The van der Waals surface area contributed by atoms with Crippen molar-refractivity contribution in [3.8, 4) is 0 Å². The van der Waals surface area contributed by atoms with Crippen LogP contribution in [0.5, 0.6) is 0 Å². The van der Waals surface area contributed by atoms with Gasteiger partial charge in [-0.3, -0.25) is 14.4 Å². The molecule has 0 spiro atoms. The molecule has 3 amide bonds. The van der Waals surface area contributed by atoms with E-state index in [0.29, 0.717) is 0 Å². The van der Waals surface area contributed by atoms with E-state index in [1.165, 1.54) is 7.11 Å². The van der Waals surface area contributed by atoms with Crippen LogP contribution < -0.4 is 22.7 Å². The molecule has 0 aromatic heterocycles. The number of carbonyl (C=O) groups excluding carboxylic acids is 3.